The summed E-state index contributed by atoms with van der Waals surface area (Å²) in [6.45, 7) is 7.58. The van der Waals surface area contributed by atoms with E-state index in [1.54, 1.807) is 0 Å². The minimum Gasteiger partial charge on any atom is -0.366 e. The van der Waals surface area contributed by atoms with E-state index in [1.165, 1.54) is 0 Å². The second-order valence-corrected chi connectivity index (χ2v) is 3.54. The Morgan fingerprint density at radius 1 is 1.36 bits per heavy atom. The standard InChI is InChI=1S/C8H18O3/c1-5-6-7(9)10-11-8(2,3)4/h7,9H,5-6H2,1-4H3. The second-order valence-electron chi connectivity index (χ2n) is 3.54. The van der Waals surface area contributed by atoms with Crippen molar-refractivity contribution in [3.8, 4) is 0 Å². The maximum atomic E-state index is 9.07. The van der Waals surface area contributed by atoms with Crippen molar-refractivity contribution in [3.05, 3.63) is 0 Å². The highest BCUT2D eigenvalue weighted by atomic mass is 17.2. The first-order chi connectivity index (χ1) is 4.95. The molecule has 0 amide bonds. The van der Waals surface area contributed by atoms with E-state index in [9.17, 15) is 0 Å². The molecule has 0 aromatic carbocycles. The number of rotatable bonds is 4. The summed E-state index contributed by atoms with van der Waals surface area (Å²) in [5, 5.41) is 9.07. The van der Waals surface area contributed by atoms with E-state index in [2.05, 4.69) is 0 Å². The van der Waals surface area contributed by atoms with Crippen molar-refractivity contribution >= 4 is 0 Å². The van der Waals surface area contributed by atoms with Crippen LogP contribution in [-0.4, -0.2) is 17.0 Å². The van der Waals surface area contributed by atoms with Crippen LogP contribution in [0.2, 0.25) is 0 Å². The minimum absolute atomic E-state index is 0.352. The van der Waals surface area contributed by atoms with Crippen LogP contribution in [0.4, 0.5) is 0 Å². The van der Waals surface area contributed by atoms with Gasteiger partial charge in [-0.1, -0.05) is 13.3 Å². The van der Waals surface area contributed by atoms with E-state index in [-0.39, 0.29) is 5.60 Å². The zero-order valence-corrected chi connectivity index (χ0v) is 7.76. The van der Waals surface area contributed by atoms with E-state index in [0.717, 1.165) is 6.42 Å². The smallest absolute Gasteiger partial charge is 0.188 e. The average molecular weight is 162 g/mol. The summed E-state index contributed by atoms with van der Waals surface area (Å²) >= 11 is 0. The normalized spacial score (nSPS) is 15.0. The number of hydrogen-bond acceptors (Lipinski definition) is 3. The zero-order valence-electron chi connectivity index (χ0n) is 7.76. The van der Waals surface area contributed by atoms with Gasteiger partial charge in [0.05, 0.1) is 5.60 Å². The molecule has 11 heavy (non-hydrogen) atoms. The SMILES string of the molecule is CCCC(O)OOC(C)(C)C. The fourth-order valence-electron chi connectivity index (χ4n) is 0.495. The van der Waals surface area contributed by atoms with E-state index < -0.39 is 6.29 Å². The molecule has 1 N–H and O–H groups in total. The lowest BCUT2D eigenvalue weighted by Crippen LogP contribution is -2.23. The van der Waals surface area contributed by atoms with Gasteiger partial charge in [-0.3, -0.25) is 0 Å². The molecular formula is C8H18O3. The molecule has 0 aliphatic rings. The maximum absolute atomic E-state index is 9.07. The summed E-state index contributed by atoms with van der Waals surface area (Å²) in [6, 6.07) is 0. The Balaban J connectivity index is 3.38. The molecule has 0 rings (SSSR count). The van der Waals surface area contributed by atoms with Crippen molar-refractivity contribution in [3.63, 3.8) is 0 Å². The van der Waals surface area contributed by atoms with Gasteiger partial charge in [-0.15, -0.1) is 0 Å². The van der Waals surface area contributed by atoms with Crippen LogP contribution < -0.4 is 0 Å². The molecule has 0 aromatic rings. The molecule has 0 saturated heterocycles. The average Bonchev–Trinajstić information content (AvgIpc) is 1.83. The molecule has 0 bridgehead atoms. The second kappa shape index (κ2) is 4.70. The Morgan fingerprint density at radius 3 is 2.27 bits per heavy atom. The monoisotopic (exact) mass is 162 g/mol. The van der Waals surface area contributed by atoms with E-state index in [0.29, 0.717) is 6.42 Å². The van der Waals surface area contributed by atoms with Gasteiger partial charge in [0.1, 0.15) is 0 Å². The van der Waals surface area contributed by atoms with Gasteiger partial charge in [0, 0.05) is 6.42 Å². The van der Waals surface area contributed by atoms with Crippen molar-refractivity contribution in [1.82, 2.24) is 0 Å². The molecule has 3 nitrogen and oxygen atoms in total. The van der Waals surface area contributed by atoms with Crippen LogP contribution in [0.5, 0.6) is 0 Å². The van der Waals surface area contributed by atoms with Gasteiger partial charge in [-0.05, 0) is 20.8 Å². The highest BCUT2D eigenvalue weighted by Crippen LogP contribution is 2.09. The maximum Gasteiger partial charge on any atom is 0.188 e. The van der Waals surface area contributed by atoms with Crippen LogP contribution in [0.3, 0.4) is 0 Å². The van der Waals surface area contributed by atoms with Crippen molar-refractivity contribution in [2.75, 3.05) is 0 Å². The number of aliphatic hydroxyl groups excluding tert-OH is 1. The molecule has 68 valence electrons. The summed E-state index contributed by atoms with van der Waals surface area (Å²) in [7, 11) is 0. The number of aliphatic hydroxyl groups is 1. The molecule has 0 fully saturated rings. The van der Waals surface area contributed by atoms with Gasteiger partial charge in [0.25, 0.3) is 0 Å². The third kappa shape index (κ3) is 7.78. The van der Waals surface area contributed by atoms with Crippen molar-refractivity contribution in [2.45, 2.75) is 52.4 Å². The van der Waals surface area contributed by atoms with Crippen LogP contribution >= 0.6 is 0 Å². The predicted octanol–water partition coefficient (Wildman–Crippen LogP) is 1.85. The molecule has 0 spiro atoms. The third-order valence-electron chi connectivity index (χ3n) is 0.945. The molecular weight excluding hydrogens is 144 g/mol. The lowest BCUT2D eigenvalue weighted by Gasteiger charge is -2.19. The van der Waals surface area contributed by atoms with E-state index in [1.807, 2.05) is 27.7 Å². The molecule has 0 saturated carbocycles. The molecule has 1 atom stereocenters. The van der Waals surface area contributed by atoms with Crippen molar-refractivity contribution < 1.29 is 14.9 Å². The van der Waals surface area contributed by atoms with Gasteiger partial charge in [0.15, 0.2) is 6.29 Å². The summed E-state index contributed by atoms with van der Waals surface area (Å²) in [4.78, 5) is 9.60. The molecule has 3 heteroatoms. The Bertz CT molecular complexity index is 96.0. The van der Waals surface area contributed by atoms with Crippen LogP contribution in [0.1, 0.15) is 40.5 Å². The van der Waals surface area contributed by atoms with Crippen LogP contribution in [0, 0.1) is 0 Å². The van der Waals surface area contributed by atoms with Gasteiger partial charge < -0.3 is 5.11 Å². The molecule has 0 radical (unpaired) electrons. The first kappa shape index (κ1) is 10.9. The molecule has 0 heterocycles. The van der Waals surface area contributed by atoms with Crippen molar-refractivity contribution in [2.24, 2.45) is 0 Å². The minimum atomic E-state index is -0.792. The van der Waals surface area contributed by atoms with Gasteiger partial charge in [-0.2, -0.15) is 0 Å². The Hall–Kier alpha value is -0.120. The third-order valence-corrected chi connectivity index (χ3v) is 0.945. The quantitative estimate of drug-likeness (QED) is 0.389. The fraction of sp³-hybridized carbons (Fsp3) is 1.00. The summed E-state index contributed by atoms with van der Waals surface area (Å²) in [5.41, 5.74) is -0.352. The molecule has 0 aromatic heterocycles. The predicted molar refractivity (Wildman–Crippen MR) is 42.8 cm³/mol. The molecule has 0 aliphatic carbocycles. The van der Waals surface area contributed by atoms with E-state index >= 15 is 0 Å². The number of hydrogen-bond donors (Lipinski definition) is 1. The lowest BCUT2D eigenvalue weighted by molar-refractivity contribution is -0.410. The largest absolute Gasteiger partial charge is 0.366 e. The summed E-state index contributed by atoms with van der Waals surface area (Å²) < 4.78 is 0. The fourth-order valence-corrected chi connectivity index (χ4v) is 0.495. The topological polar surface area (TPSA) is 38.7 Å². The lowest BCUT2D eigenvalue weighted by atomic mass is 10.2. The van der Waals surface area contributed by atoms with Crippen molar-refractivity contribution in [1.29, 1.82) is 0 Å². The first-order valence-electron chi connectivity index (χ1n) is 3.98. The van der Waals surface area contributed by atoms with Gasteiger partial charge in [-0.25, -0.2) is 9.78 Å². The van der Waals surface area contributed by atoms with Crippen LogP contribution in [0.25, 0.3) is 0 Å². The summed E-state index contributed by atoms with van der Waals surface area (Å²) in [5.74, 6) is 0. The van der Waals surface area contributed by atoms with Gasteiger partial charge >= 0.3 is 0 Å². The van der Waals surface area contributed by atoms with Gasteiger partial charge in [0.2, 0.25) is 0 Å². The Morgan fingerprint density at radius 2 is 1.91 bits per heavy atom. The van der Waals surface area contributed by atoms with Crippen LogP contribution in [0.15, 0.2) is 0 Å². The Kier molecular flexibility index (Phi) is 4.65. The molecule has 1 unspecified atom stereocenters. The van der Waals surface area contributed by atoms with E-state index in [4.69, 9.17) is 14.9 Å². The first-order valence-corrected chi connectivity index (χ1v) is 3.98. The zero-order chi connectivity index (χ0) is 8.91. The summed E-state index contributed by atoms with van der Waals surface area (Å²) in [6.07, 6.45) is 0.698. The highest BCUT2D eigenvalue weighted by Gasteiger charge is 2.14. The van der Waals surface area contributed by atoms with Crippen LogP contribution in [-0.2, 0) is 9.78 Å². The molecule has 0 aliphatic heterocycles. The highest BCUT2D eigenvalue weighted by molar-refractivity contribution is 4.54. The Labute approximate surface area is 68.2 Å².